The lowest BCUT2D eigenvalue weighted by molar-refractivity contribution is 0.0772. The van der Waals surface area contributed by atoms with Crippen molar-refractivity contribution >= 4 is 34.8 Å². The second-order valence-corrected chi connectivity index (χ2v) is 7.95. The Morgan fingerprint density at radius 1 is 0.882 bits per heavy atom. The second kappa shape index (κ2) is 12.5. The molecule has 0 spiro atoms. The van der Waals surface area contributed by atoms with Gasteiger partial charge in [0.05, 0.1) is 12.2 Å². The first-order chi connectivity index (χ1) is 16.5. The summed E-state index contributed by atoms with van der Waals surface area (Å²) in [5.74, 6) is 0.121. The van der Waals surface area contributed by atoms with E-state index in [9.17, 15) is 9.59 Å². The largest absolute Gasteiger partial charge is 0.492 e. The molecule has 2 amide bonds. The van der Waals surface area contributed by atoms with E-state index in [1.54, 1.807) is 47.4 Å². The number of amides is 2. The number of carbonyl (C=O) groups excluding carboxylic acids is 2. The summed E-state index contributed by atoms with van der Waals surface area (Å²) in [7, 11) is 0. The van der Waals surface area contributed by atoms with Gasteiger partial charge >= 0.3 is 0 Å². The maximum absolute atomic E-state index is 12.8. The van der Waals surface area contributed by atoms with Gasteiger partial charge in [-0.3, -0.25) is 14.9 Å². The Balaban J connectivity index is 1.56. The first-order valence-electron chi connectivity index (χ1n) is 11.3. The van der Waals surface area contributed by atoms with Crippen LogP contribution in [0.1, 0.15) is 40.1 Å². The molecule has 0 saturated carbocycles. The average molecular weight is 476 g/mol. The van der Waals surface area contributed by atoms with Gasteiger partial charge in [-0.25, -0.2) is 0 Å². The first-order valence-corrected chi connectivity index (χ1v) is 11.7. The van der Waals surface area contributed by atoms with Crippen LogP contribution >= 0.6 is 12.2 Å². The molecule has 0 fully saturated rings. The van der Waals surface area contributed by atoms with E-state index >= 15 is 0 Å². The van der Waals surface area contributed by atoms with Crippen LogP contribution in [0.2, 0.25) is 0 Å². The number of hydrogen-bond acceptors (Lipinski definition) is 4. The molecule has 0 saturated heterocycles. The number of carbonyl (C=O) groups is 2. The summed E-state index contributed by atoms with van der Waals surface area (Å²) in [6.07, 6.45) is 0.740. The van der Waals surface area contributed by atoms with Crippen LogP contribution in [0.15, 0.2) is 78.9 Å². The van der Waals surface area contributed by atoms with Gasteiger partial charge in [-0.05, 0) is 68.0 Å². The molecule has 0 heterocycles. The number of nitrogens with one attached hydrogen (secondary N) is 2. The summed E-state index contributed by atoms with van der Waals surface area (Å²) in [5, 5.41) is 5.84. The van der Waals surface area contributed by atoms with Crippen molar-refractivity contribution in [1.82, 2.24) is 10.2 Å². The minimum atomic E-state index is -0.360. The standard InChI is InChI=1S/C27H29N3O3S/c1-3-30(4-2)26(32)21-14-16-22(17-15-21)28-27(34)29-25(31)23-12-8-9-13-24(23)33-19-18-20-10-6-5-7-11-20/h5-17H,3-4,18-19H2,1-2H3,(H2,28,29,31,34). The lowest BCUT2D eigenvalue weighted by Crippen LogP contribution is -2.34. The number of thiocarbonyl (C=S) groups is 1. The van der Waals surface area contributed by atoms with Crippen molar-refractivity contribution in [3.8, 4) is 5.75 Å². The molecule has 0 aliphatic heterocycles. The van der Waals surface area contributed by atoms with E-state index < -0.39 is 0 Å². The molecule has 3 aromatic rings. The Hall–Kier alpha value is -3.71. The Bertz CT molecular complexity index is 1110. The van der Waals surface area contributed by atoms with Crippen LogP contribution in [-0.4, -0.2) is 41.5 Å². The Labute approximate surface area is 205 Å². The molecule has 0 aliphatic carbocycles. The van der Waals surface area contributed by atoms with Gasteiger partial charge in [-0.2, -0.15) is 0 Å². The van der Waals surface area contributed by atoms with Crippen molar-refractivity contribution in [3.63, 3.8) is 0 Å². The van der Waals surface area contributed by atoms with Gasteiger partial charge in [0.25, 0.3) is 11.8 Å². The van der Waals surface area contributed by atoms with Gasteiger partial charge in [-0.1, -0.05) is 42.5 Å². The van der Waals surface area contributed by atoms with Crippen molar-refractivity contribution in [2.45, 2.75) is 20.3 Å². The molecule has 0 unspecified atom stereocenters. The van der Waals surface area contributed by atoms with E-state index in [-0.39, 0.29) is 16.9 Å². The number of ether oxygens (including phenoxy) is 1. The van der Waals surface area contributed by atoms with E-state index in [1.165, 1.54) is 5.56 Å². The fraction of sp³-hybridized carbons (Fsp3) is 0.222. The maximum atomic E-state index is 12.8. The van der Waals surface area contributed by atoms with Gasteiger partial charge in [0.15, 0.2) is 5.11 Å². The minimum Gasteiger partial charge on any atom is -0.492 e. The molecule has 0 aromatic heterocycles. The third kappa shape index (κ3) is 6.89. The summed E-state index contributed by atoms with van der Waals surface area (Å²) in [5.41, 5.74) is 2.85. The van der Waals surface area contributed by atoms with Crippen LogP contribution < -0.4 is 15.4 Å². The predicted molar refractivity (Wildman–Crippen MR) is 139 cm³/mol. The number of anilines is 1. The molecular weight excluding hydrogens is 446 g/mol. The molecule has 3 rings (SSSR count). The highest BCUT2D eigenvalue weighted by Crippen LogP contribution is 2.18. The van der Waals surface area contributed by atoms with Crippen LogP contribution in [-0.2, 0) is 6.42 Å². The molecule has 2 N–H and O–H groups in total. The lowest BCUT2D eigenvalue weighted by atomic mass is 10.1. The molecular formula is C27H29N3O3S. The molecule has 0 atom stereocenters. The van der Waals surface area contributed by atoms with E-state index in [4.69, 9.17) is 17.0 Å². The molecule has 3 aromatic carbocycles. The molecule has 6 nitrogen and oxygen atoms in total. The third-order valence-corrected chi connectivity index (χ3v) is 5.49. The van der Waals surface area contributed by atoms with Crippen molar-refractivity contribution < 1.29 is 14.3 Å². The molecule has 176 valence electrons. The molecule has 34 heavy (non-hydrogen) atoms. The van der Waals surface area contributed by atoms with E-state index in [0.29, 0.717) is 42.3 Å². The number of hydrogen-bond donors (Lipinski definition) is 2. The van der Waals surface area contributed by atoms with E-state index in [2.05, 4.69) is 10.6 Å². The van der Waals surface area contributed by atoms with Crippen LogP contribution in [0.25, 0.3) is 0 Å². The summed E-state index contributed by atoms with van der Waals surface area (Å²) < 4.78 is 5.87. The van der Waals surface area contributed by atoms with Gasteiger partial charge in [-0.15, -0.1) is 0 Å². The number of para-hydroxylation sites is 1. The van der Waals surface area contributed by atoms with Crippen LogP contribution in [0.4, 0.5) is 5.69 Å². The van der Waals surface area contributed by atoms with Gasteiger partial charge in [0.2, 0.25) is 0 Å². The first kappa shape index (κ1) is 24.9. The Morgan fingerprint density at radius 2 is 1.53 bits per heavy atom. The van der Waals surface area contributed by atoms with E-state index in [0.717, 1.165) is 6.42 Å². The highest BCUT2D eigenvalue weighted by Gasteiger charge is 2.15. The van der Waals surface area contributed by atoms with E-state index in [1.807, 2.05) is 50.2 Å². The molecule has 7 heteroatoms. The van der Waals surface area contributed by atoms with Gasteiger partial charge in [0.1, 0.15) is 5.75 Å². The number of benzene rings is 3. The zero-order valence-corrected chi connectivity index (χ0v) is 20.2. The smallest absolute Gasteiger partial charge is 0.261 e. The summed E-state index contributed by atoms with van der Waals surface area (Å²) >= 11 is 5.31. The monoisotopic (exact) mass is 475 g/mol. The van der Waals surface area contributed by atoms with Gasteiger partial charge < -0.3 is 15.0 Å². The van der Waals surface area contributed by atoms with Gasteiger partial charge in [0, 0.05) is 30.8 Å². The quantitative estimate of drug-likeness (QED) is 0.430. The summed E-state index contributed by atoms with van der Waals surface area (Å²) in [6.45, 7) is 5.66. The van der Waals surface area contributed by atoms with Crippen molar-refractivity contribution in [2.24, 2.45) is 0 Å². The highest BCUT2D eigenvalue weighted by molar-refractivity contribution is 7.80. The van der Waals surface area contributed by atoms with Crippen molar-refractivity contribution in [3.05, 3.63) is 95.6 Å². The van der Waals surface area contributed by atoms with Crippen LogP contribution in [0.3, 0.4) is 0 Å². The number of rotatable bonds is 9. The molecule has 0 aliphatic rings. The Morgan fingerprint density at radius 3 is 2.21 bits per heavy atom. The van der Waals surface area contributed by atoms with Crippen LogP contribution in [0.5, 0.6) is 5.75 Å². The lowest BCUT2D eigenvalue weighted by Gasteiger charge is -2.18. The SMILES string of the molecule is CCN(CC)C(=O)c1ccc(NC(=S)NC(=O)c2ccccc2OCCc2ccccc2)cc1. The maximum Gasteiger partial charge on any atom is 0.261 e. The second-order valence-electron chi connectivity index (χ2n) is 7.54. The third-order valence-electron chi connectivity index (χ3n) is 5.29. The van der Waals surface area contributed by atoms with Crippen molar-refractivity contribution in [2.75, 3.05) is 25.0 Å². The minimum absolute atomic E-state index is 0.0173. The Kier molecular flexibility index (Phi) is 9.17. The predicted octanol–water partition coefficient (Wildman–Crippen LogP) is 4.92. The molecule has 0 bridgehead atoms. The average Bonchev–Trinajstić information content (AvgIpc) is 2.86. The zero-order valence-electron chi connectivity index (χ0n) is 19.4. The fourth-order valence-electron chi connectivity index (χ4n) is 3.43. The molecule has 0 radical (unpaired) electrons. The topological polar surface area (TPSA) is 70.7 Å². The fourth-order valence-corrected chi connectivity index (χ4v) is 3.64. The highest BCUT2D eigenvalue weighted by atomic mass is 32.1. The zero-order chi connectivity index (χ0) is 24.3. The van der Waals surface area contributed by atoms with Crippen LogP contribution in [0, 0.1) is 0 Å². The van der Waals surface area contributed by atoms with Crippen molar-refractivity contribution in [1.29, 1.82) is 0 Å². The summed E-state index contributed by atoms with van der Waals surface area (Å²) in [6, 6.07) is 24.1. The summed E-state index contributed by atoms with van der Waals surface area (Å²) in [4.78, 5) is 27.0. The number of nitrogens with zero attached hydrogens (tertiary/aromatic N) is 1. The normalized spacial score (nSPS) is 10.3.